The van der Waals surface area contributed by atoms with E-state index in [0.29, 0.717) is 24.2 Å². The molecule has 0 aliphatic heterocycles. The Morgan fingerprint density at radius 3 is 2.58 bits per heavy atom. The molecule has 0 saturated heterocycles. The smallest absolute Gasteiger partial charge is 0.238 e. The number of halogens is 1. The van der Waals surface area contributed by atoms with E-state index in [0.717, 1.165) is 0 Å². The van der Waals surface area contributed by atoms with Gasteiger partial charge in [0.05, 0.1) is 6.54 Å². The Morgan fingerprint density at radius 2 is 1.95 bits per heavy atom. The molecular weight excluding hydrogens is 243 g/mol. The van der Waals surface area contributed by atoms with Gasteiger partial charge in [0.15, 0.2) is 0 Å². The van der Waals surface area contributed by atoms with Crippen LogP contribution in [0.25, 0.3) is 0 Å². The first kappa shape index (κ1) is 14.0. The van der Waals surface area contributed by atoms with Crippen molar-refractivity contribution in [1.82, 2.24) is 5.32 Å². The van der Waals surface area contributed by atoms with Crippen molar-refractivity contribution in [1.29, 1.82) is 0 Å². The fraction of sp³-hybridized carbons (Fsp3) is 0.533. The third-order valence-electron chi connectivity index (χ3n) is 3.82. The number of carbonyl (C=O) groups excluding carboxylic acids is 1. The number of amides is 1. The van der Waals surface area contributed by atoms with Crippen molar-refractivity contribution in [3.8, 4) is 0 Å². The van der Waals surface area contributed by atoms with Crippen LogP contribution in [-0.4, -0.2) is 18.5 Å². The molecule has 0 aromatic heterocycles. The summed E-state index contributed by atoms with van der Waals surface area (Å²) in [6.45, 7) is 2.44. The van der Waals surface area contributed by atoms with Gasteiger partial charge in [-0.2, -0.15) is 0 Å². The van der Waals surface area contributed by atoms with Crippen LogP contribution in [0, 0.1) is 11.7 Å². The number of hydrogen-bond donors (Lipinski definition) is 2. The van der Waals surface area contributed by atoms with E-state index in [9.17, 15) is 9.18 Å². The molecule has 2 rings (SSSR count). The van der Waals surface area contributed by atoms with Gasteiger partial charge in [-0.25, -0.2) is 4.39 Å². The molecule has 19 heavy (non-hydrogen) atoms. The fourth-order valence-electron chi connectivity index (χ4n) is 2.62. The molecule has 3 nitrogen and oxygen atoms in total. The summed E-state index contributed by atoms with van der Waals surface area (Å²) in [4.78, 5) is 11.7. The van der Waals surface area contributed by atoms with Crippen LogP contribution in [0.1, 0.15) is 32.6 Å². The Hall–Kier alpha value is -1.42. The second-order valence-corrected chi connectivity index (χ2v) is 5.27. The first-order valence-corrected chi connectivity index (χ1v) is 6.94. The summed E-state index contributed by atoms with van der Waals surface area (Å²) in [5, 5.41) is 6.02. The molecule has 104 valence electrons. The van der Waals surface area contributed by atoms with Crippen molar-refractivity contribution < 1.29 is 9.18 Å². The monoisotopic (exact) mass is 264 g/mol. The van der Waals surface area contributed by atoms with Crippen LogP contribution in [0.2, 0.25) is 0 Å². The Labute approximate surface area is 113 Å². The first-order chi connectivity index (χ1) is 9.15. The summed E-state index contributed by atoms with van der Waals surface area (Å²) >= 11 is 0. The third kappa shape index (κ3) is 4.31. The molecule has 0 spiro atoms. The van der Waals surface area contributed by atoms with E-state index < -0.39 is 0 Å². The quantitative estimate of drug-likeness (QED) is 0.858. The van der Waals surface area contributed by atoms with Crippen molar-refractivity contribution in [3.05, 3.63) is 30.1 Å². The van der Waals surface area contributed by atoms with E-state index in [1.807, 2.05) is 0 Å². The number of rotatable bonds is 5. The highest BCUT2D eigenvalue weighted by molar-refractivity contribution is 5.92. The van der Waals surface area contributed by atoms with Crippen LogP contribution in [0.15, 0.2) is 24.3 Å². The van der Waals surface area contributed by atoms with E-state index >= 15 is 0 Å². The number of carbonyl (C=O) groups is 1. The van der Waals surface area contributed by atoms with Gasteiger partial charge in [0, 0.05) is 11.7 Å². The van der Waals surface area contributed by atoms with Gasteiger partial charge in [0.25, 0.3) is 0 Å². The zero-order chi connectivity index (χ0) is 13.7. The third-order valence-corrected chi connectivity index (χ3v) is 3.82. The van der Waals surface area contributed by atoms with Crippen molar-refractivity contribution in [2.45, 2.75) is 38.6 Å². The number of benzene rings is 1. The molecule has 1 fully saturated rings. The average molecular weight is 264 g/mol. The highest BCUT2D eigenvalue weighted by Gasteiger charge is 2.21. The maximum Gasteiger partial charge on any atom is 0.238 e. The molecular formula is C15H21FN2O. The van der Waals surface area contributed by atoms with Crippen molar-refractivity contribution >= 4 is 11.6 Å². The highest BCUT2D eigenvalue weighted by atomic mass is 19.1. The molecule has 1 aromatic carbocycles. The summed E-state index contributed by atoms with van der Waals surface area (Å²) in [6, 6.07) is 6.18. The number of hydrogen-bond acceptors (Lipinski definition) is 2. The molecule has 1 saturated carbocycles. The summed E-state index contributed by atoms with van der Waals surface area (Å²) in [5.41, 5.74) is 0.627. The van der Waals surface area contributed by atoms with E-state index in [4.69, 9.17) is 0 Å². The van der Waals surface area contributed by atoms with E-state index in [2.05, 4.69) is 17.6 Å². The maximum absolute atomic E-state index is 12.7. The standard InChI is InChI=1S/C15H21FN2O/c1-11(12-4-2-3-5-12)17-10-15(19)18-14-8-6-13(16)7-9-14/h6-9,11-12,17H,2-5,10H2,1H3,(H,18,19)/t11-/m0/s1. The molecule has 0 heterocycles. The van der Waals surface area contributed by atoms with Gasteiger partial charge in [-0.05, 0) is 49.9 Å². The SMILES string of the molecule is C[C@H](NCC(=O)Nc1ccc(F)cc1)C1CCCC1. The molecule has 1 aliphatic carbocycles. The average Bonchev–Trinajstić information content (AvgIpc) is 2.93. The van der Waals surface area contributed by atoms with Crippen molar-refractivity contribution in [3.63, 3.8) is 0 Å². The second kappa shape index (κ2) is 6.66. The minimum absolute atomic E-state index is 0.0866. The molecule has 1 amide bonds. The lowest BCUT2D eigenvalue weighted by Gasteiger charge is -2.20. The van der Waals surface area contributed by atoms with Crippen LogP contribution >= 0.6 is 0 Å². The van der Waals surface area contributed by atoms with Gasteiger partial charge in [0.2, 0.25) is 5.91 Å². The summed E-state index contributed by atoms with van der Waals surface area (Å²) in [5.74, 6) is 0.307. The largest absolute Gasteiger partial charge is 0.325 e. The molecule has 1 aliphatic rings. The predicted molar refractivity (Wildman–Crippen MR) is 74.5 cm³/mol. The van der Waals surface area contributed by atoms with Crippen LogP contribution in [-0.2, 0) is 4.79 Å². The Kier molecular flexibility index (Phi) is 4.91. The van der Waals surface area contributed by atoms with Crippen LogP contribution in [0.5, 0.6) is 0 Å². The normalized spacial score (nSPS) is 17.4. The van der Waals surface area contributed by atoms with Gasteiger partial charge in [-0.15, -0.1) is 0 Å². The molecule has 0 unspecified atom stereocenters. The fourth-order valence-corrected chi connectivity index (χ4v) is 2.62. The molecule has 1 aromatic rings. The van der Waals surface area contributed by atoms with Crippen LogP contribution < -0.4 is 10.6 Å². The minimum Gasteiger partial charge on any atom is -0.325 e. The van der Waals surface area contributed by atoms with Gasteiger partial charge in [-0.1, -0.05) is 12.8 Å². The van der Waals surface area contributed by atoms with Gasteiger partial charge < -0.3 is 10.6 Å². The molecule has 0 radical (unpaired) electrons. The Morgan fingerprint density at radius 1 is 1.32 bits per heavy atom. The van der Waals surface area contributed by atoms with Gasteiger partial charge in [0.1, 0.15) is 5.82 Å². The Bertz CT molecular complexity index is 413. The van der Waals surface area contributed by atoms with Crippen LogP contribution in [0.3, 0.4) is 0 Å². The zero-order valence-corrected chi connectivity index (χ0v) is 11.3. The van der Waals surface area contributed by atoms with Crippen LogP contribution in [0.4, 0.5) is 10.1 Å². The first-order valence-electron chi connectivity index (χ1n) is 6.94. The lowest BCUT2D eigenvalue weighted by Crippen LogP contribution is -2.38. The number of anilines is 1. The van der Waals surface area contributed by atoms with Crippen molar-refractivity contribution in [2.24, 2.45) is 5.92 Å². The second-order valence-electron chi connectivity index (χ2n) is 5.27. The maximum atomic E-state index is 12.7. The minimum atomic E-state index is -0.300. The molecule has 4 heteroatoms. The number of nitrogens with one attached hydrogen (secondary N) is 2. The van der Waals surface area contributed by atoms with Crippen molar-refractivity contribution in [2.75, 3.05) is 11.9 Å². The van der Waals surface area contributed by atoms with E-state index in [-0.39, 0.29) is 11.7 Å². The molecule has 2 N–H and O–H groups in total. The summed E-state index contributed by atoms with van der Waals surface area (Å²) in [7, 11) is 0. The summed E-state index contributed by atoms with van der Waals surface area (Å²) < 4.78 is 12.7. The zero-order valence-electron chi connectivity index (χ0n) is 11.3. The molecule has 1 atom stereocenters. The van der Waals surface area contributed by atoms with E-state index in [1.54, 1.807) is 12.1 Å². The summed E-state index contributed by atoms with van der Waals surface area (Å²) in [6.07, 6.45) is 5.12. The topological polar surface area (TPSA) is 41.1 Å². The van der Waals surface area contributed by atoms with Gasteiger partial charge in [-0.3, -0.25) is 4.79 Å². The lowest BCUT2D eigenvalue weighted by molar-refractivity contribution is -0.115. The Balaban J connectivity index is 1.73. The predicted octanol–water partition coefficient (Wildman–Crippen LogP) is 2.93. The van der Waals surface area contributed by atoms with E-state index in [1.165, 1.54) is 37.8 Å². The molecule has 0 bridgehead atoms. The highest BCUT2D eigenvalue weighted by Crippen LogP contribution is 2.27. The van der Waals surface area contributed by atoms with Gasteiger partial charge >= 0.3 is 0 Å². The lowest BCUT2D eigenvalue weighted by atomic mass is 10.00.